The molecule has 3 heterocycles. The summed E-state index contributed by atoms with van der Waals surface area (Å²) >= 11 is 1.47. The Morgan fingerprint density at radius 1 is 1.27 bits per heavy atom. The molecule has 7 nitrogen and oxygen atoms in total. The van der Waals surface area contributed by atoms with Crippen LogP contribution in [0.25, 0.3) is 11.5 Å². The maximum absolute atomic E-state index is 12.6. The van der Waals surface area contributed by atoms with Gasteiger partial charge in [-0.15, -0.1) is 11.3 Å². The van der Waals surface area contributed by atoms with Crippen LogP contribution in [0.15, 0.2) is 34.7 Å². The summed E-state index contributed by atoms with van der Waals surface area (Å²) < 4.78 is 0. The van der Waals surface area contributed by atoms with Gasteiger partial charge >= 0.3 is 0 Å². The van der Waals surface area contributed by atoms with Crippen molar-refractivity contribution < 1.29 is 4.79 Å². The van der Waals surface area contributed by atoms with Crippen molar-refractivity contribution in [3.8, 4) is 11.5 Å². The maximum Gasteiger partial charge on any atom is 0.264 e. The Morgan fingerprint density at radius 2 is 2.08 bits per heavy atom. The molecule has 0 aliphatic heterocycles. The first-order chi connectivity index (χ1) is 12.5. The average Bonchev–Trinajstić information content (AvgIpc) is 3.08. The van der Waals surface area contributed by atoms with Crippen LogP contribution in [0, 0.1) is 6.92 Å². The minimum absolute atomic E-state index is 0.00613. The van der Waals surface area contributed by atoms with Gasteiger partial charge in [0, 0.05) is 24.8 Å². The molecule has 1 N–H and O–H groups in total. The van der Waals surface area contributed by atoms with Crippen LogP contribution >= 0.6 is 11.3 Å². The van der Waals surface area contributed by atoms with E-state index in [-0.39, 0.29) is 5.56 Å². The topological polar surface area (TPSA) is 91.8 Å². The minimum atomic E-state index is -0.480. The van der Waals surface area contributed by atoms with Gasteiger partial charge in [-0.2, -0.15) is 0 Å². The van der Waals surface area contributed by atoms with Gasteiger partial charge in [0.2, 0.25) is 0 Å². The number of hydrogen-bond acceptors (Lipinski definition) is 6. The second-order valence-electron chi connectivity index (χ2n) is 5.90. The van der Waals surface area contributed by atoms with Crippen LogP contribution in [0.5, 0.6) is 0 Å². The SMILES string of the molecule is CCc1ccc(CN(C)C(=O)c2cnc(-c3csc(C)n3)[nH]c2=O)nc1. The Kier molecular flexibility index (Phi) is 5.22. The van der Waals surface area contributed by atoms with Gasteiger partial charge in [0.1, 0.15) is 11.3 Å². The molecule has 0 fully saturated rings. The van der Waals surface area contributed by atoms with Gasteiger partial charge in [-0.1, -0.05) is 13.0 Å². The zero-order chi connectivity index (χ0) is 18.7. The third kappa shape index (κ3) is 3.85. The van der Waals surface area contributed by atoms with E-state index >= 15 is 0 Å². The van der Waals surface area contributed by atoms with E-state index in [9.17, 15) is 9.59 Å². The molecule has 3 rings (SSSR count). The van der Waals surface area contributed by atoms with E-state index in [0.29, 0.717) is 18.1 Å². The zero-order valence-corrected chi connectivity index (χ0v) is 15.6. The van der Waals surface area contributed by atoms with Gasteiger partial charge in [-0.25, -0.2) is 9.97 Å². The molecule has 3 aromatic heterocycles. The highest BCUT2D eigenvalue weighted by Gasteiger charge is 2.18. The number of carbonyl (C=O) groups is 1. The van der Waals surface area contributed by atoms with Crippen LogP contribution < -0.4 is 5.56 Å². The normalized spacial score (nSPS) is 10.7. The molecule has 0 aliphatic carbocycles. The highest BCUT2D eigenvalue weighted by molar-refractivity contribution is 7.09. The van der Waals surface area contributed by atoms with Crippen molar-refractivity contribution in [2.45, 2.75) is 26.8 Å². The largest absolute Gasteiger partial charge is 0.336 e. The number of carbonyl (C=O) groups excluding carboxylic acids is 1. The van der Waals surface area contributed by atoms with E-state index in [2.05, 4.69) is 26.9 Å². The Labute approximate surface area is 154 Å². The van der Waals surface area contributed by atoms with Crippen molar-refractivity contribution in [3.05, 3.63) is 62.1 Å². The number of aromatic amines is 1. The molecule has 26 heavy (non-hydrogen) atoms. The molecule has 3 aromatic rings. The highest BCUT2D eigenvalue weighted by atomic mass is 32.1. The Balaban J connectivity index is 1.77. The smallest absolute Gasteiger partial charge is 0.264 e. The zero-order valence-electron chi connectivity index (χ0n) is 14.8. The van der Waals surface area contributed by atoms with Gasteiger partial charge in [-0.05, 0) is 25.0 Å². The first kappa shape index (κ1) is 17.9. The molecule has 0 saturated carbocycles. The number of aromatic nitrogens is 4. The summed E-state index contributed by atoms with van der Waals surface area (Å²) in [4.78, 5) is 41.8. The van der Waals surface area contributed by atoms with Crippen molar-refractivity contribution in [1.29, 1.82) is 0 Å². The van der Waals surface area contributed by atoms with E-state index in [1.54, 1.807) is 13.2 Å². The van der Waals surface area contributed by atoms with Crippen molar-refractivity contribution in [2.24, 2.45) is 0 Å². The standard InChI is InChI=1S/C18H19N5O2S/c1-4-12-5-6-13(19-7-12)9-23(3)18(25)14-8-20-16(22-17(14)24)15-10-26-11(2)21-15/h5-8,10H,4,9H2,1-3H3,(H,20,22,24). The number of aryl methyl sites for hydroxylation is 2. The lowest BCUT2D eigenvalue weighted by Crippen LogP contribution is -2.32. The minimum Gasteiger partial charge on any atom is -0.336 e. The van der Waals surface area contributed by atoms with E-state index in [0.717, 1.165) is 22.7 Å². The molecule has 0 spiro atoms. The van der Waals surface area contributed by atoms with Crippen molar-refractivity contribution in [1.82, 2.24) is 24.8 Å². The molecular formula is C18H19N5O2S. The lowest BCUT2D eigenvalue weighted by Gasteiger charge is -2.16. The first-order valence-electron chi connectivity index (χ1n) is 8.19. The third-order valence-corrected chi connectivity index (χ3v) is 4.70. The molecule has 0 aromatic carbocycles. The Morgan fingerprint density at radius 3 is 2.65 bits per heavy atom. The number of thiazole rings is 1. The summed E-state index contributed by atoms with van der Waals surface area (Å²) in [6, 6.07) is 3.87. The van der Waals surface area contributed by atoms with Crippen LogP contribution in [0.1, 0.15) is 33.5 Å². The number of nitrogens with zero attached hydrogens (tertiary/aromatic N) is 4. The summed E-state index contributed by atoms with van der Waals surface area (Å²) in [6.07, 6.45) is 4.01. The van der Waals surface area contributed by atoms with Gasteiger partial charge in [0.15, 0.2) is 5.82 Å². The van der Waals surface area contributed by atoms with Crippen molar-refractivity contribution >= 4 is 17.2 Å². The second-order valence-corrected chi connectivity index (χ2v) is 6.96. The lowest BCUT2D eigenvalue weighted by molar-refractivity contribution is 0.0781. The van der Waals surface area contributed by atoms with E-state index in [1.165, 1.54) is 22.4 Å². The number of nitrogens with one attached hydrogen (secondary N) is 1. The van der Waals surface area contributed by atoms with Crippen LogP contribution in [-0.4, -0.2) is 37.8 Å². The molecule has 0 bridgehead atoms. The fourth-order valence-electron chi connectivity index (χ4n) is 2.43. The number of hydrogen-bond donors (Lipinski definition) is 1. The summed E-state index contributed by atoms with van der Waals surface area (Å²) in [5.74, 6) is -0.0449. The summed E-state index contributed by atoms with van der Waals surface area (Å²) in [5.41, 5.74) is 2.01. The number of rotatable bonds is 5. The second kappa shape index (κ2) is 7.57. The van der Waals surface area contributed by atoms with Crippen LogP contribution in [-0.2, 0) is 13.0 Å². The lowest BCUT2D eigenvalue weighted by atomic mass is 10.2. The summed E-state index contributed by atoms with van der Waals surface area (Å²) in [5, 5.41) is 2.69. The maximum atomic E-state index is 12.6. The van der Waals surface area contributed by atoms with Gasteiger partial charge in [0.05, 0.1) is 17.2 Å². The van der Waals surface area contributed by atoms with Crippen LogP contribution in [0.4, 0.5) is 0 Å². The first-order valence-corrected chi connectivity index (χ1v) is 9.07. The molecule has 0 saturated heterocycles. The Bertz CT molecular complexity index is 978. The number of amides is 1. The molecule has 0 radical (unpaired) electrons. The summed E-state index contributed by atoms with van der Waals surface area (Å²) in [6.45, 7) is 4.25. The quantitative estimate of drug-likeness (QED) is 0.746. The van der Waals surface area contributed by atoms with Crippen molar-refractivity contribution in [2.75, 3.05) is 7.05 Å². The predicted molar refractivity (Wildman–Crippen MR) is 100 cm³/mol. The highest BCUT2D eigenvalue weighted by Crippen LogP contribution is 2.16. The fourth-order valence-corrected chi connectivity index (χ4v) is 3.03. The van der Waals surface area contributed by atoms with Crippen LogP contribution in [0.3, 0.4) is 0 Å². The molecule has 1 amide bonds. The van der Waals surface area contributed by atoms with E-state index in [4.69, 9.17) is 0 Å². The number of pyridine rings is 1. The fraction of sp³-hybridized carbons (Fsp3) is 0.278. The van der Waals surface area contributed by atoms with Crippen LogP contribution in [0.2, 0.25) is 0 Å². The monoisotopic (exact) mass is 369 g/mol. The molecule has 0 aliphatic rings. The summed E-state index contributed by atoms with van der Waals surface area (Å²) in [7, 11) is 1.63. The Hall–Kier alpha value is -2.87. The van der Waals surface area contributed by atoms with Gasteiger partial charge in [-0.3, -0.25) is 14.6 Å². The number of H-pyrrole nitrogens is 1. The molecule has 0 atom stereocenters. The van der Waals surface area contributed by atoms with Gasteiger partial charge in [0.25, 0.3) is 11.5 Å². The van der Waals surface area contributed by atoms with E-state index in [1.807, 2.05) is 24.4 Å². The van der Waals surface area contributed by atoms with Gasteiger partial charge < -0.3 is 9.88 Å². The predicted octanol–water partition coefficient (Wildman–Crippen LogP) is 2.43. The third-order valence-electron chi connectivity index (χ3n) is 3.93. The molecular weight excluding hydrogens is 350 g/mol. The average molecular weight is 369 g/mol. The molecule has 0 unspecified atom stereocenters. The van der Waals surface area contributed by atoms with Crippen molar-refractivity contribution in [3.63, 3.8) is 0 Å². The molecule has 8 heteroatoms. The molecule has 134 valence electrons. The van der Waals surface area contributed by atoms with E-state index < -0.39 is 11.5 Å².